The van der Waals surface area contributed by atoms with Crippen molar-refractivity contribution in [2.24, 2.45) is 5.92 Å². The van der Waals surface area contributed by atoms with Gasteiger partial charge in [0.1, 0.15) is 0 Å². The number of thioether (sulfide) groups is 1. The fourth-order valence-electron chi connectivity index (χ4n) is 1.57. The number of halogens is 1. The van der Waals surface area contributed by atoms with E-state index in [2.05, 4.69) is 5.32 Å². The number of amides is 1. The lowest BCUT2D eigenvalue weighted by molar-refractivity contribution is -0.138. The van der Waals surface area contributed by atoms with Crippen molar-refractivity contribution < 1.29 is 14.7 Å². The van der Waals surface area contributed by atoms with Crippen LogP contribution in [0.2, 0.25) is 5.02 Å². The summed E-state index contributed by atoms with van der Waals surface area (Å²) < 4.78 is 0. The Kier molecular flexibility index (Phi) is 6.88. The van der Waals surface area contributed by atoms with Crippen molar-refractivity contribution in [1.29, 1.82) is 0 Å². The van der Waals surface area contributed by atoms with E-state index in [1.54, 1.807) is 12.1 Å². The molecule has 2 N–H and O–H groups in total. The van der Waals surface area contributed by atoms with Gasteiger partial charge in [0.25, 0.3) is 0 Å². The van der Waals surface area contributed by atoms with Gasteiger partial charge >= 0.3 is 5.97 Å². The Balaban J connectivity index is 2.45. The van der Waals surface area contributed by atoms with Crippen LogP contribution in [-0.2, 0) is 9.59 Å². The first-order valence-electron chi connectivity index (χ1n) is 6.28. The summed E-state index contributed by atoms with van der Waals surface area (Å²) in [5.74, 6) is -0.736. The fourth-order valence-corrected chi connectivity index (χ4v) is 2.41. The lowest BCUT2D eigenvalue weighted by atomic mass is 10.0. The number of hydrogen-bond acceptors (Lipinski definition) is 3. The molecule has 1 rings (SSSR count). The highest BCUT2D eigenvalue weighted by atomic mass is 35.5. The zero-order chi connectivity index (χ0) is 15.1. The Bertz CT molecular complexity index is 462. The molecular weight excluding hydrogens is 298 g/mol. The second-order valence-corrected chi connectivity index (χ2v) is 6.24. The number of carbonyl (C=O) groups is 2. The molecule has 0 spiro atoms. The van der Waals surface area contributed by atoms with E-state index in [-0.39, 0.29) is 30.0 Å². The van der Waals surface area contributed by atoms with Gasteiger partial charge in [0.05, 0.1) is 12.2 Å². The molecular formula is C14H18ClNO3S. The van der Waals surface area contributed by atoms with Gasteiger partial charge in [0, 0.05) is 16.0 Å². The number of carboxylic acids is 1. The van der Waals surface area contributed by atoms with Gasteiger partial charge < -0.3 is 10.4 Å². The van der Waals surface area contributed by atoms with Crippen molar-refractivity contribution in [3.05, 3.63) is 29.3 Å². The first kappa shape index (κ1) is 16.9. The van der Waals surface area contributed by atoms with E-state index < -0.39 is 5.97 Å². The predicted molar refractivity (Wildman–Crippen MR) is 81.2 cm³/mol. The van der Waals surface area contributed by atoms with Crippen LogP contribution in [-0.4, -0.2) is 28.8 Å². The van der Waals surface area contributed by atoms with Crippen LogP contribution in [0.3, 0.4) is 0 Å². The standard InChI is InChI=1S/C14H18ClNO3S/c1-9(2)12(7-14(18)19)16-13(17)8-20-11-5-3-10(15)4-6-11/h3-6,9,12H,7-8H2,1-2H3,(H,16,17)(H,18,19). The average molecular weight is 316 g/mol. The number of benzene rings is 1. The van der Waals surface area contributed by atoms with E-state index >= 15 is 0 Å². The molecule has 0 heterocycles. The first-order chi connectivity index (χ1) is 9.38. The largest absolute Gasteiger partial charge is 0.481 e. The normalized spacial score (nSPS) is 12.2. The molecule has 110 valence electrons. The minimum absolute atomic E-state index is 0.0605. The Hall–Kier alpha value is -1.20. The predicted octanol–water partition coefficient (Wildman–Crippen LogP) is 3.05. The zero-order valence-electron chi connectivity index (χ0n) is 11.4. The van der Waals surface area contributed by atoms with Crippen LogP contribution in [0.25, 0.3) is 0 Å². The number of carbonyl (C=O) groups excluding carboxylic acids is 1. The zero-order valence-corrected chi connectivity index (χ0v) is 13.0. The topological polar surface area (TPSA) is 66.4 Å². The summed E-state index contributed by atoms with van der Waals surface area (Å²) in [7, 11) is 0. The molecule has 6 heteroatoms. The van der Waals surface area contributed by atoms with Crippen molar-refractivity contribution in [1.82, 2.24) is 5.32 Å². The van der Waals surface area contributed by atoms with Crippen LogP contribution in [0.4, 0.5) is 0 Å². The fraction of sp³-hybridized carbons (Fsp3) is 0.429. The summed E-state index contributed by atoms with van der Waals surface area (Å²) in [6.45, 7) is 3.78. The molecule has 1 unspecified atom stereocenters. The van der Waals surface area contributed by atoms with Crippen molar-refractivity contribution in [3.63, 3.8) is 0 Å². The summed E-state index contributed by atoms with van der Waals surface area (Å²) in [6.07, 6.45) is -0.0605. The summed E-state index contributed by atoms with van der Waals surface area (Å²) >= 11 is 7.17. The third-order valence-electron chi connectivity index (χ3n) is 2.73. The van der Waals surface area contributed by atoms with E-state index in [9.17, 15) is 9.59 Å². The van der Waals surface area contributed by atoms with E-state index in [4.69, 9.17) is 16.7 Å². The number of aliphatic carboxylic acids is 1. The van der Waals surface area contributed by atoms with Gasteiger partial charge in [0.15, 0.2) is 0 Å². The molecule has 0 bridgehead atoms. The number of nitrogens with one attached hydrogen (secondary N) is 1. The Morgan fingerprint density at radius 3 is 2.40 bits per heavy atom. The van der Waals surface area contributed by atoms with Gasteiger partial charge in [-0.15, -0.1) is 11.8 Å². The molecule has 0 aliphatic heterocycles. The molecule has 1 amide bonds. The molecule has 0 radical (unpaired) electrons. The van der Waals surface area contributed by atoms with E-state index in [1.165, 1.54) is 11.8 Å². The van der Waals surface area contributed by atoms with Crippen molar-refractivity contribution in [3.8, 4) is 0 Å². The molecule has 1 aromatic rings. The summed E-state index contributed by atoms with van der Waals surface area (Å²) in [4.78, 5) is 23.5. The molecule has 1 atom stereocenters. The molecule has 0 fully saturated rings. The lowest BCUT2D eigenvalue weighted by Crippen LogP contribution is -2.40. The lowest BCUT2D eigenvalue weighted by Gasteiger charge is -2.20. The maximum atomic E-state index is 11.8. The second-order valence-electron chi connectivity index (χ2n) is 4.76. The summed E-state index contributed by atoms with van der Waals surface area (Å²) in [6, 6.07) is 6.88. The van der Waals surface area contributed by atoms with Gasteiger partial charge in [0.2, 0.25) is 5.91 Å². The minimum atomic E-state index is -0.908. The number of carboxylic acid groups (broad SMARTS) is 1. The maximum Gasteiger partial charge on any atom is 0.305 e. The van der Waals surface area contributed by atoms with Crippen LogP contribution in [0.5, 0.6) is 0 Å². The van der Waals surface area contributed by atoms with E-state index in [0.29, 0.717) is 5.02 Å². The monoisotopic (exact) mass is 315 g/mol. The van der Waals surface area contributed by atoms with E-state index in [1.807, 2.05) is 26.0 Å². The number of hydrogen-bond donors (Lipinski definition) is 2. The Labute approximate surface area is 127 Å². The van der Waals surface area contributed by atoms with E-state index in [0.717, 1.165) is 4.90 Å². The minimum Gasteiger partial charge on any atom is -0.481 e. The van der Waals surface area contributed by atoms with Gasteiger partial charge in [-0.05, 0) is 30.2 Å². The SMILES string of the molecule is CC(C)C(CC(=O)O)NC(=O)CSc1ccc(Cl)cc1. The van der Waals surface area contributed by atoms with Crippen LogP contribution in [0, 0.1) is 5.92 Å². The summed E-state index contributed by atoms with van der Waals surface area (Å²) in [5.41, 5.74) is 0. The van der Waals surface area contributed by atoms with Crippen LogP contribution in [0.15, 0.2) is 29.2 Å². The molecule has 0 saturated carbocycles. The van der Waals surface area contributed by atoms with Crippen molar-refractivity contribution in [2.75, 3.05) is 5.75 Å². The van der Waals surface area contributed by atoms with Gasteiger partial charge in [-0.3, -0.25) is 9.59 Å². The molecule has 0 aliphatic carbocycles. The first-order valence-corrected chi connectivity index (χ1v) is 7.64. The third kappa shape index (κ3) is 6.30. The molecule has 1 aromatic carbocycles. The van der Waals surface area contributed by atoms with Gasteiger partial charge in [-0.25, -0.2) is 0 Å². The highest BCUT2D eigenvalue weighted by molar-refractivity contribution is 8.00. The highest BCUT2D eigenvalue weighted by Gasteiger charge is 2.19. The van der Waals surface area contributed by atoms with Crippen LogP contribution < -0.4 is 5.32 Å². The maximum absolute atomic E-state index is 11.8. The smallest absolute Gasteiger partial charge is 0.305 e. The van der Waals surface area contributed by atoms with Gasteiger partial charge in [-0.1, -0.05) is 25.4 Å². The Morgan fingerprint density at radius 1 is 1.30 bits per heavy atom. The van der Waals surface area contributed by atoms with Crippen molar-refractivity contribution in [2.45, 2.75) is 31.2 Å². The van der Waals surface area contributed by atoms with Crippen LogP contribution in [0.1, 0.15) is 20.3 Å². The van der Waals surface area contributed by atoms with Crippen LogP contribution >= 0.6 is 23.4 Å². The number of rotatable bonds is 7. The molecule has 4 nitrogen and oxygen atoms in total. The molecule has 20 heavy (non-hydrogen) atoms. The Morgan fingerprint density at radius 2 is 1.90 bits per heavy atom. The summed E-state index contributed by atoms with van der Waals surface area (Å²) in [5, 5.41) is 12.2. The van der Waals surface area contributed by atoms with Crippen molar-refractivity contribution >= 4 is 35.2 Å². The second kappa shape index (κ2) is 8.17. The third-order valence-corrected chi connectivity index (χ3v) is 3.99. The molecule has 0 saturated heterocycles. The highest BCUT2D eigenvalue weighted by Crippen LogP contribution is 2.20. The quantitative estimate of drug-likeness (QED) is 0.759. The van der Waals surface area contributed by atoms with Gasteiger partial charge in [-0.2, -0.15) is 0 Å². The molecule has 0 aliphatic rings. The molecule has 0 aromatic heterocycles. The average Bonchev–Trinajstić information content (AvgIpc) is 2.36.